The van der Waals surface area contributed by atoms with Gasteiger partial charge < -0.3 is 10.1 Å². The Morgan fingerprint density at radius 1 is 1.43 bits per heavy atom. The highest BCUT2D eigenvalue weighted by atomic mass is 35.5. The molecule has 0 fully saturated rings. The third-order valence-corrected chi connectivity index (χ3v) is 3.20. The van der Waals surface area contributed by atoms with Crippen molar-refractivity contribution < 1.29 is 22.7 Å². The smallest absolute Gasteiger partial charge is 0.416 e. The molecule has 1 aromatic carbocycles. The van der Waals surface area contributed by atoms with Crippen LogP contribution in [0.2, 0.25) is 5.02 Å². The Balaban J connectivity index is 1.99. The molecular weight excluding hydrogens is 335 g/mol. The average molecular weight is 348 g/mol. The molecule has 124 valence electrons. The minimum Gasteiger partial charge on any atom is -0.480 e. The van der Waals surface area contributed by atoms with Crippen molar-refractivity contribution in [2.45, 2.75) is 19.6 Å². The predicted molar refractivity (Wildman–Crippen MR) is 78.5 cm³/mol. The highest BCUT2D eigenvalue weighted by molar-refractivity contribution is 6.33. The highest BCUT2D eigenvalue weighted by Gasteiger charge is 2.31. The van der Waals surface area contributed by atoms with E-state index in [0.29, 0.717) is 12.3 Å². The summed E-state index contributed by atoms with van der Waals surface area (Å²) in [6.45, 7) is 2.16. The molecule has 0 saturated carbocycles. The van der Waals surface area contributed by atoms with E-state index in [9.17, 15) is 18.0 Å². The van der Waals surface area contributed by atoms with Gasteiger partial charge in [-0.15, -0.1) is 0 Å². The maximum atomic E-state index is 12.7. The fourth-order valence-corrected chi connectivity index (χ4v) is 1.89. The molecule has 1 N–H and O–H groups in total. The van der Waals surface area contributed by atoms with Gasteiger partial charge >= 0.3 is 6.18 Å². The first-order chi connectivity index (χ1) is 10.8. The van der Waals surface area contributed by atoms with E-state index in [0.717, 1.165) is 18.2 Å². The molecule has 9 heteroatoms. The summed E-state index contributed by atoms with van der Waals surface area (Å²) in [7, 11) is 0. The Bertz CT molecular complexity index is 701. The number of aromatic nitrogens is 2. The van der Waals surface area contributed by atoms with Gasteiger partial charge in [-0.25, -0.2) is 0 Å². The Kier molecular flexibility index (Phi) is 5.15. The molecule has 0 radical (unpaired) electrons. The van der Waals surface area contributed by atoms with E-state index < -0.39 is 17.6 Å². The monoisotopic (exact) mass is 347 g/mol. The summed E-state index contributed by atoms with van der Waals surface area (Å²) in [6, 6.07) is 2.69. The van der Waals surface area contributed by atoms with Crippen LogP contribution in [-0.2, 0) is 17.5 Å². The van der Waals surface area contributed by atoms with Crippen LogP contribution in [0.15, 0.2) is 30.6 Å². The molecule has 5 nitrogen and oxygen atoms in total. The fourth-order valence-electron chi connectivity index (χ4n) is 1.72. The van der Waals surface area contributed by atoms with Crippen LogP contribution in [0, 0.1) is 0 Å². The number of benzene rings is 1. The Labute approximate surface area is 135 Å². The molecule has 0 aliphatic carbocycles. The van der Waals surface area contributed by atoms with Gasteiger partial charge in [0.25, 0.3) is 5.91 Å². The Morgan fingerprint density at radius 2 is 2.17 bits per heavy atom. The summed E-state index contributed by atoms with van der Waals surface area (Å²) in [4.78, 5) is 11.8. The van der Waals surface area contributed by atoms with E-state index in [1.165, 1.54) is 6.20 Å². The lowest BCUT2D eigenvalue weighted by molar-refractivity contribution is -0.137. The zero-order chi connectivity index (χ0) is 17.0. The molecule has 0 aliphatic heterocycles. The third-order valence-electron chi connectivity index (χ3n) is 2.87. The summed E-state index contributed by atoms with van der Waals surface area (Å²) in [5.41, 5.74) is -1.03. The quantitative estimate of drug-likeness (QED) is 0.899. The molecule has 0 saturated heterocycles. The zero-order valence-electron chi connectivity index (χ0n) is 12.0. The van der Waals surface area contributed by atoms with E-state index >= 15 is 0 Å². The van der Waals surface area contributed by atoms with Gasteiger partial charge in [-0.2, -0.15) is 18.3 Å². The molecule has 23 heavy (non-hydrogen) atoms. The van der Waals surface area contributed by atoms with Gasteiger partial charge in [-0.3, -0.25) is 9.48 Å². The van der Waals surface area contributed by atoms with Crippen molar-refractivity contribution in [3.63, 3.8) is 0 Å². The Hall–Kier alpha value is -2.22. The van der Waals surface area contributed by atoms with Gasteiger partial charge in [-0.05, 0) is 25.1 Å². The second-order valence-electron chi connectivity index (χ2n) is 4.56. The number of aryl methyl sites for hydroxylation is 1. The van der Waals surface area contributed by atoms with Gasteiger partial charge in [0, 0.05) is 6.54 Å². The average Bonchev–Trinajstić information content (AvgIpc) is 2.94. The SMILES string of the molecule is CCn1cc(OCC(=O)Nc2cc(C(F)(F)F)ccc2Cl)cn1. The molecular formula is C14H13ClF3N3O2. The molecule has 0 spiro atoms. The largest absolute Gasteiger partial charge is 0.480 e. The first-order valence-electron chi connectivity index (χ1n) is 6.61. The zero-order valence-corrected chi connectivity index (χ0v) is 12.8. The fraction of sp³-hybridized carbons (Fsp3) is 0.286. The van der Waals surface area contributed by atoms with Crippen LogP contribution < -0.4 is 10.1 Å². The van der Waals surface area contributed by atoms with Crippen molar-refractivity contribution in [1.82, 2.24) is 9.78 Å². The van der Waals surface area contributed by atoms with Crippen LogP contribution in [0.4, 0.5) is 18.9 Å². The van der Waals surface area contributed by atoms with Crippen molar-refractivity contribution in [3.05, 3.63) is 41.2 Å². The van der Waals surface area contributed by atoms with Gasteiger partial charge in [0.1, 0.15) is 0 Å². The lowest BCUT2D eigenvalue weighted by atomic mass is 10.2. The minimum absolute atomic E-state index is 0.00477. The summed E-state index contributed by atoms with van der Waals surface area (Å²) >= 11 is 5.79. The second kappa shape index (κ2) is 6.91. The van der Waals surface area contributed by atoms with E-state index in [2.05, 4.69) is 10.4 Å². The lowest BCUT2D eigenvalue weighted by Crippen LogP contribution is -2.20. The standard InChI is InChI=1S/C14H13ClF3N3O2/c1-2-21-7-10(6-19-21)23-8-13(22)20-12-5-9(14(16,17)18)3-4-11(12)15/h3-7H,2,8H2,1H3,(H,20,22). The van der Waals surface area contributed by atoms with Crippen LogP contribution >= 0.6 is 11.6 Å². The van der Waals surface area contributed by atoms with Gasteiger partial charge in [0.05, 0.1) is 28.7 Å². The van der Waals surface area contributed by atoms with Crippen molar-refractivity contribution in [2.75, 3.05) is 11.9 Å². The topological polar surface area (TPSA) is 56.1 Å². The number of halogens is 4. The van der Waals surface area contributed by atoms with E-state index in [4.69, 9.17) is 16.3 Å². The van der Waals surface area contributed by atoms with Crippen LogP contribution in [0.5, 0.6) is 5.75 Å². The molecule has 0 bridgehead atoms. The van der Waals surface area contributed by atoms with Crippen molar-refractivity contribution in [1.29, 1.82) is 0 Å². The van der Waals surface area contributed by atoms with E-state index in [1.807, 2.05) is 6.92 Å². The number of ether oxygens (including phenoxy) is 1. The normalized spacial score (nSPS) is 11.3. The summed E-state index contributed by atoms with van der Waals surface area (Å²) < 4.78 is 44.8. The number of nitrogens with one attached hydrogen (secondary N) is 1. The summed E-state index contributed by atoms with van der Waals surface area (Å²) in [6.07, 6.45) is -1.48. The number of anilines is 1. The van der Waals surface area contributed by atoms with Crippen LogP contribution in [0.3, 0.4) is 0 Å². The number of nitrogens with zero attached hydrogens (tertiary/aromatic N) is 2. The first kappa shape index (κ1) is 17.1. The van der Waals surface area contributed by atoms with E-state index in [-0.39, 0.29) is 17.3 Å². The van der Waals surface area contributed by atoms with Crippen molar-refractivity contribution in [2.24, 2.45) is 0 Å². The van der Waals surface area contributed by atoms with Crippen LogP contribution in [0.1, 0.15) is 12.5 Å². The van der Waals surface area contributed by atoms with Gasteiger partial charge in [-0.1, -0.05) is 11.6 Å². The summed E-state index contributed by atoms with van der Waals surface area (Å²) in [5.74, 6) is -0.243. The number of hydrogen-bond acceptors (Lipinski definition) is 3. The summed E-state index contributed by atoms with van der Waals surface area (Å²) in [5, 5.41) is 6.26. The van der Waals surface area contributed by atoms with Crippen LogP contribution in [0.25, 0.3) is 0 Å². The lowest BCUT2D eigenvalue weighted by Gasteiger charge is -2.11. The molecule has 2 aromatic rings. The predicted octanol–water partition coefficient (Wildman–Crippen LogP) is 3.59. The molecule has 1 amide bonds. The molecule has 0 atom stereocenters. The first-order valence-corrected chi connectivity index (χ1v) is 6.99. The second-order valence-corrected chi connectivity index (χ2v) is 4.97. The number of rotatable bonds is 5. The minimum atomic E-state index is -4.52. The third kappa shape index (κ3) is 4.62. The maximum Gasteiger partial charge on any atom is 0.416 e. The van der Waals surface area contributed by atoms with Gasteiger partial charge in [0.2, 0.25) is 0 Å². The van der Waals surface area contributed by atoms with Gasteiger partial charge in [0.15, 0.2) is 12.4 Å². The Morgan fingerprint density at radius 3 is 2.78 bits per heavy atom. The molecule has 1 aromatic heterocycles. The van der Waals surface area contributed by atoms with Crippen molar-refractivity contribution in [3.8, 4) is 5.75 Å². The maximum absolute atomic E-state index is 12.7. The van der Waals surface area contributed by atoms with Crippen LogP contribution in [-0.4, -0.2) is 22.3 Å². The molecule has 0 unspecified atom stereocenters. The number of carbonyl (C=O) groups excluding carboxylic acids is 1. The van der Waals surface area contributed by atoms with E-state index in [1.54, 1.807) is 10.9 Å². The number of carbonyl (C=O) groups is 1. The van der Waals surface area contributed by atoms with Crippen molar-refractivity contribution >= 4 is 23.2 Å². The number of alkyl halides is 3. The number of amides is 1. The highest BCUT2D eigenvalue weighted by Crippen LogP contribution is 2.33. The molecule has 2 rings (SSSR count). The molecule has 0 aliphatic rings. The molecule has 1 heterocycles. The number of hydrogen-bond donors (Lipinski definition) is 1.